The van der Waals surface area contributed by atoms with Gasteiger partial charge in [0.2, 0.25) is 0 Å². The van der Waals surface area contributed by atoms with E-state index in [2.05, 4.69) is 27.3 Å². The van der Waals surface area contributed by atoms with Gasteiger partial charge >= 0.3 is 0 Å². The van der Waals surface area contributed by atoms with E-state index in [0.29, 0.717) is 0 Å². The minimum atomic E-state index is 0.971. The Morgan fingerprint density at radius 3 is 2.78 bits per heavy atom. The first-order valence-corrected chi connectivity index (χ1v) is 6.32. The van der Waals surface area contributed by atoms with E-state index in [9.17, 15) is 0 Å². The van der Waals surface area contributed by atoms with Crippen molar-refractivity contribution in [3.8, 4) is 11.3 Å². The minimum Gasteiger partial charge on any atom is -0.342 e. The van der Waals surface area contributed by atoms with Crippen LogP contribution in [-0.4, -0.2) is 33.3 Å². The van der Waals surface area contributed by atoms with E-state index < -0.39 is 0 Å². The molecular formula is C13H21N5. The van der Waals surface area contributed by atoms with Gasteiger partial charge in [0.25, 0.3) is 0 Å². The molecule has 18 heavy (non-hydrogen) atoms. The van der Waals surface area contributed by atoms with Gasteiger partial charge in [-0.2, -0.15) is 5.10 Å². The number of H-pyrrole nitrogens is 1. The van der Waals surface area contributed by atoms with Crippen molar-refractivity contribution in [1.29, 1.82) is 0 Å². The topological polar surface area (TPSA) is 58.5 Å². The fraction of sp³-hybridized carbons (Fsp3) is 0.538. The minimum absolute atomic E-state index is 0.971. The maximum absolute atomic E-state index is 4.44. The largest absolute Gasteiger partial charge is 0.342 e. The number of imidazole rings is 1. The van der Waals surface area contributed by atoms with E-state index in [0.717, 1.165) is 42.3 Å². The zero-order chi connectivity index (χ0) is 13.1. The van der Waals surface area contributed by atoms with Gasteiger partial charge in [0, 0.05) is 24.7 Å². The summed E-state index contributed by atoms with van der Waals surface area (Å²) < 4.78 is 1.91. The molecule has 2 N–H and O–H groups in total. The summed E-state index contributed by atoms with van der Waals surface area (Å²) in [5.74, 6) is 1.04. The van der Waals surface area contributed by atoms with Gasteiger partial charge in [0.1, 0.15) is 5.82 Å². The molecule has 0 spiro atoms. The molecule has 0 unspecified atom stereocenters. The van der Waals surface area contributed by atoms with Gasteiger partial charge in [-0.3, -0.25) is 4.68 Å². The lowest BCUT2D eigenvalue weighted by Gasteiger charge is -1.99. The number of aromatic amines is 1. The van der Waals surface area contributed by atoms with Gasteiger partial charge in [-0.1, -0.05) is 0 Å². The van der Waals surface area contributed by atoms with E-state index in [1.807, 2.05) is 31.9 Å². The number of hydrogen-bond acceptors (Lipinski definition) is 3. The molecule has 0 radical (unpaired) electrons. The monoisotopic (exact) mass is 247 g/mol. The molecular weight excluding hydrogens is 226 g/mol. The van der Waals surface area contributed by atoms with Gasteiger partial charge < -0.3 is 10.3 Å². The van der Waals surface area contributed by atoms with Crippen LogP contribution in [0, 0.1) is 13.8 Å². The fourth-order valence-electron chi connectivity index (χ4n) is 2.21. The summed E-state index contributed by atoms with van der Waals surface area (Å²) >= 11 is 0. The van der Waals surface area contributed by atoms with Crippen LogP contribution in [0.3, 0.4) is 0 Å². The highest BCUT2D eigenvalue weighted by molar-refractivity contribution is 5.64. The third-order valence-corrected chi connectivity index (χ3v) is 3.25. The van der Waals surface area contributed by atoms with Crippen LogP contribution in [0.15, 0.2) is 6.20 Å². The van der Waals surface area contributed by atoms with Gasteiger partial charge in [-0.05, 0) is 33.9 Å². The smallest absolute Gasteiger partial charge is 0.106 e. The Kier molecular flexibility index (Phi) is 3.81. The van der Waals surface area contributed by atoms with Crippen molar-refractivity contribution in [2.24, 2.45) is 7.05 Å². The number of aryl methyl sites for hydroxylation is 3. The first kappa shape index (κ1) is 12.8. The Labute approximate surface area is 108 Å². The van der Waals surface area contributed by atoms with Gasteiger partial charge in [0.05, 0.1) is 17.6 Å². The highest BCUT2D eigenvalue weighted by atomic mass is 15.3. The predicted octanol–water partition coefficient (Wildman–Crippen LogP) is 1.58. The molecule has 2 aromatic rings. The van der Waals surface area contributed by atoms with Crippen molar-refractivity contribution in [2.75, 3.05) is 13.6 Å². The van der Waals surface area contributed by atoms with Gasteiger partial charge in [-0.15, -0.1) is 0 Å². The first-order chi connectivity index (χ1) is 8.63. The van der Waals surface area contributed by atoms with Crippen LogP contribution in [0.25, 0.3) is 11.3 Å². The van der Waals surface area contributed by atoms with E-state index >= 15 is 0 Å². The van der Waals surface area contributed by atoms with Crippen molar-refractivity contribution in [3.63, 3.8) is 0 Å². The summed E-state index contributed by atoms with van der Waals surface area (Å²) in [5.41, 5.74) is 4.45. The van der Waals surface area contributed by atoms with Crippen molar-refractivity contribution >= 4 is 0 Å². The fourth-order valence-corrected chi connectivity index (χ4v) is 2.21. The highest BCUT2D eigenvalue weighted by Crippen LogP contribution is 2.24. The first-order valence-electron chi connectivity index (χ1n) is 6.32. The number of hydrogen-bond donors (Lipinski definition) is 2. The number of nitrogens with zero attached hydrogens (tertiary/aromatic N) is 3. The molecule has 2 heterocycles. The molecule has 0 bridgehead atoms. The van der Waals surface area contributed by atoms with Crippen LogP contribution in [0.2, 0.25) is 0 Å². The summed E-state index contributed by atoms with van der Waals surface area (Å²) in [6, 6.07) is 0. The lowest BCUT2D eigenvalue weighted by atomic mass is 10.1. The molecule has 0 aromatic carbocycles. The lowest BCUT2D eigenvalue weighted by Crippen LogP contribution is -2.08. The molecule has 5 heteroatoms. The number of aromatic nitrogens is 4. The molecule has 0 atom stereocenters. The zero-order valence-corrected chi connectivity index (χ0v) is 11.5. The molecule has 0 saturated heterocycles. The van der Waals surface area contributed by atoms with Crippen LogP contribution in [0.5, 0.6) is 0 Å². The third kappa shape index (κ3) is 2.46. The Hall–Kier alpha value is -1.62. The van der Waals surface area contributed by atoms with Gasteiger partial charge in [-0.25, -0.2) is 4.98 Å². The van der Waals surface area contributed by atoms with E-state index in [1.54, 1.807) is 0 Å². The molecule has 2 aromatic heterocycles. The van der Waals surface area contributed by atoms with Gasteiger partial charge in [0.15, 0.2) is 0 Å². The molecule has 5 nitrogen and oxygen atoms in total. The van der Waals surface area contributed by atoms with Crippen LogP contribution in [0.1, 0.15) is 23.6 Å². The number of nitrogens with one attached hydrogen (secondary N) is 2. The summed E-state index contributed by atoms with van der Waals surface area (Å²) in [6.07, 6.45) is 3.97. The molecule has 2 rings (SSSR count). The van der Waals surface area contributed by atoms with Crippen molar-refractivity contribution < 1.29 is 0 Å². The van der Waals surface area contributed by atoms with Crippen LogP contribution in [0.4, 0.5) is 0 Å². The lowest BCUT2D eigenvalue weighted by molar-refractivity contribution is 0.707. The zero-order valence-electron chi connectivity index (χ0n) is 11.5. The highest BCUT2D eigenvalue weighted by Gasteiger charge is 2.13. The molecule has 0 amide bonds. The molecule has 0 aliphatic heterocycles. The van der Waals surface area contributed by atoms with E-state index in [-0.39, 0.29) is 0 Å². The Bertz CT molecular complexity index is 523. The van der Waals surface area contributed by atoms with Crippen LogP contribution >= 0.6 is 0 Å². The van der Waals surface area contributed by atoms with Crippen LogP contribution < -0.4 is 5.32 Å². The van der Waals surface area contributed by atoms with Crippen LogP contribution in [-0.2, 0) is 13.5 Å². The maximum atomic E-state index is 4.44. The Morgan fingerprint density at radius 1 is 1.39 bits per heavy atom. The second-order valence-electron chi connectivity index (χ2n) is 4.62. The normalized spacial score (nSPS) is 11.1. The summed E-state index contributed by atoms with van der Waals surface area (Å²) in [7, 11) is 3.94. The predicted molar refractivity (Wildman–Crippen MR) is 72.5 cm³/mol. The molecule has 0 aliphatic carbocycles. The molecule has 0 fully saturated rings. The average Bonchev–Trinajstić information content (AvgIpc) is 2.86. The Morgan fingerprint density at radius 2 is 2.17 bits per heavy atom. The molecule has 0 saturated carbocycles. The molecule has 98 valence electrons. The number of rotatable bonds is 5. The quantitative estimate of drug-likeness (QED) is 0.789. The standard InChI is InChI=1S/C13H21N5/c1-9-13(10(2)18(4)17-9)11-8-15-12(16-11)6-5-7-14-3/h8,14H,5-7H2,1-4H3,(H,15,16). The average molecular weight is 247 g/mol. The summed E-state index contributed by atoms with van der Waals surface area (Å²) in [4.78, 5) is 7.83. The van der Waals surface area contributed by atoms with E-state index in [1.165, 1.54) is 5.56 Å². The van der Waals surface area contributed by atoms with Crippen molar-refractivity contribution in [3.05, 3.63) is 23.4 Å². The molecule has 0 aliphatic rings. The van der Waals surface area contributed by atoms with E-state index in [4.69, 9.17) is 0 Å². The second kappa shape index (κ2) is 5.35. The second-order valence-corrected chi connectivity index (χ2v) is 4.62. The maximum Gasteiger partial charge on any atom is 0.106 e. The van der Waals surface area contributed by atoms with Crippen molar-refractivity contribution in [2.45, 2.75) is 26.7 Å². The summed E-state index contributed by atoms with van der Waals surface area (Å²) in [5, 5.41) is 7.57. The summed E-state index contributed by atoms with van der Waals surface area (Å²) in [6.45, 7) is 5.13. The SMILES string of the molecule is CNCCCc1ncc(-c2c(C)nn(C)c2C)[nH]1. The Balaban J connectivity index is 2.19. The third-order valence-electron chi connectivity index (χ3n) is 3.25. The van der Waals surface area contributed by atoms with Crippen molar-refractivity contribution in [1.82, 2.24) is 25.1 Å².